The minimum absolute atomic E-state index is 0.0375. The summed E-state index contributed by atoms with van der Waals surface area (Å²) in [5.41, 5.74) is 0. The molecule has 0 saturated carbocycles. The van der Waals surface area contributed by atoms with Gasteiger partial charge in [0.05, 0.1) is 8.16 Å². The quantitative estimate of drug-likeness (QED) is 0.505. The third-order valence-electron chi connectivity index (χ3n) is 2.88. The number of thioether (sulfide) groups is 4. The van der Waals surface area contributed by atoms with Crippen molar-refractivity contribution in [1.29, 1.82) is 0 Å². The lowest BCUT2D eigenvalue weighted by Crippen LogP contribution is -2.48. The van der Waals surface area contributed by atoms with E-state index in [0.29, 0.717) is 10.5 Å². The van der Waals surface area contributed by atoms with Crippen LogP contribution in [0.3, 0.4) is 0 Å². The number of rotatable bonds is 6. The van der Waals surface area contributed by atoms with Crippen LogP contribution >= 0.6 is 72.3 Å². The normalized spacial score (nSPS) is 31.7. The van der Waals surface area contributed by atoms with E-state index in [1.54, 1.807) is 0 Å². The largest absolute Gasteiger partial charge is 0.161 e. The monoisotopic (exact) mass is 360 g/mol. The Balaban J connectivity index is 2.85. The molecule has 4 unspecified atom stereocenters. The average Bonchev–Trinajstić information content (AvgIpc) is 2.29. The molecule has 108 valence electrons. The summed E-state index contributed by atoms with van der Waals surface area (Å²) in [6.45, 7) is 8.99. The van der Waals surface area contributed by atoms with Crippen LogP contribution in [0.5, 0.6) is 0 Å². The van der Waals surface area contributed by atoms with Crippen LogP contribution in [-0.2, 0) is 0 Å². The van der Waals surface area contributed by atoms with Gasteiger partial charge in [-0.15, -0.1) is 23.5 Å². The van der Waals surface area contributed by atoms with Crippen molar-refractivity contribution in [3.05, 3.63) is 0 Å². The first-order valence-electron chi connectivity index (χ1n) is 6.31. The number of hydrogen-bond acceptors (Lipinski definition) is 6. The molecule has 4 atom stereocenters. The summed E-state index contributed by atoms with van der Waals surface area (Å²) in [5.74, 6) is 4.73. The van der Waals surface area contributed by atoms with Gasteiger partial charge in [-0.3, -0.25) is 0 Å². The van der Waals surface area contributed by atoms with E-state index in [-0.39, 0.29) is 8.16 Å². The van der Waals surface area contributed by atoms with Gasteiger partial charge in [0.1, 0.15) is 0 Å². The Bertz CT molecular complexity index is 227. The van der Waals surface area contributed by atoms with E-state index in [1.165, 1.54) is 11.5 Å². The Hall–Kier alpha value is 2.10. The van der Waals surface area contributed by atoms with Gasteiger partial charge in [0.25, 0.3) is 0 Å². The smallest absolute Gasteiger partial charge is 0.0682 e. The highest BCUT2D eigenvalue weighted by molar-refractivity contribution is 8.16. The van der Waals surface area contributed by atoms with Gasteiger partial charge in [-0.05, 0) is 25.4 Å². The second-order valence-corrected chi connectivity index (χ2v) is 12.9. The molecule has 0 aromatic heterocycles. The van der Waals surface area contributed by atoms with Gasteiger partial charge >= 0.3 is 0 Å². The highest BCUT2D eigenvalue weighted by Gasteiger charge is 2.46. The molecule has 0 aromatic carbocycles. The van der Waals surface area contributed by atoms with Crippen LogP contribution in [0.1, 0.15) is 27.7 Å². The van der Waals surface area contributed by atoms with Gasteiger partial charge in [-0.1, -0.05) is 13.8 Å². The molecule has 0 bridgehead atoms. The SMILES string of the molecule is CCSC(C)(S)C1SCCSC1C(C)(S)SCC. The van der Waals surface area contributed by atoms with Crippen molar-refractivity contribution >= 4 is 72.3 Å². The Kier molecular flexibility index (Phi) is 7.99. The molecule has 1 aliphatic heterocycles. The zero-order valence-electron chi connectivity index (χ0n) is 11.5. The fraction of sp³-hybridized carbons (Fsp3) is 1.00. The van der Waals surface area contributed by atoms with Crippen molar-refractivity contribution in [3.8, 4) is 0 Å². The maximum atomic E-state index is 4.95. The molecule has 18 heavy (non-hydrogen) atoms. The van der Waals surface area contributed by atoms with Gasteiger partial charge in [-0.2, -0.15) is 48.8 Å². The van der Waals surface area contributed by atoms with Crippen LogP contribution in [0.4, 0.5) is 0 Å². The predicted molar refractivity (Wildman–Crippen MR) is 104 cm³/mol. The second-order valence-electron chi connectivity index (χ2n) is 4.56. The van der Waals surface area contributed by atoms with Crippen molar-refractivity contribution in [2.45, 2.75) is 46.4 Å². The van der Waals surface area contributed by atoms with E-state index >= 15 is 0 Å². The molecular weight excluding hydrogens is 337 g/mol. The molecule has 1 rings (SSSR count). The molecule has 0 nitrogen and oxygen atoms in total. The Morgan fingerprint density at radius 1 is 0.944 bits per heavy atom. The van der Waals surface area contributed by atoms with Crippen molar-refractivity contribution in [3.63, 3.8) is 0 Å². The van der Waals surface area contributed by atoms with E-state index in [4.69, 9.17) is 25.3 Å². The van der Waals surface area contributed by atoms with Gasteiger partial charge in [0.15, 0.2) is 0 Å². The summed E-state index contributed by atoms with van der Waals surface area (Å²) in [4.78, 5) is 0. The highest BCUT2D eigenvalue weighted by atomic mass is 32.2. The van der Waals surface area contributed by atoms with Gasteiger partial charge in [-0.25, -0.2) is 0 Å². The van der Waals surface area contributed by atoms with Crippen molar-refractivity contribution in [2.24, 2.45) is 0 Å². The molecular formula is C12H24S6. The second kappa shape index (κ2) is 7.92. The summed E-state index contributed by atoms with van der Waals surface area (Å²) < 4.78 is 0.0750. The van der Waals surface area contributed by atoms with Crippen molar-refractivity contribution in [2.75, 3.05) is 23.0 Å². The summed E-state index contributed by atoms with van der Waals surface area (Å²) in [6.07, 6.45) is 0. The van der Waals surface area contributed by atoms with Crippen LogP contribution in [-0.4, -0.2) is 41.7 Å². The first kappa shape index (κ1) is 18.1. The molecule has 0 spiro atoms. The molecule has 6 heteroatoms. The minimum Gasteiger partial charge on any atom is -0.161 e. The van der Waals surface area contributed by atoms with E-state index in [2.05, 4.69) is 51.2 Å². The molecule has 1 saturated heterocycles. The first-order chi connectivity index (χ1) is 8.35. The van der Waals surface area contributed by atoms with E-state index in [1.807, 2.05) is 23.5 Å². The molecule has 0 aromatic rings. The van der Waals surface area contributed by atoms with Crippen molar-refractivity contribution < 1.29 is 0 Å². The molecule has 0 radical (unpaired) electrons. The predicted octanol–water partition coefficient (Wildman–Crippen LogP) is 5.00. The topological polar surface area (TPSA) is 0 Å². The maximum absolute atomic E-state index is 4.95. The Morgan fingerprint density at radius 3 is 1.56 bits per heavy atom. The number of thiol groups is 2. The first-order valence-corrected chi connectivity index (χ1v) is 11.3. The average molecular weight is 361 g/mol. The van der Waals surface area contributed by atoms with Crippen LogP contribution in [0.2, 0.25) is 0 Å². The van der Waals surface area contributed by atoms with Crippen LogP contribution in [0.15, 0.2) is 0 Å². The standard InChI is InChI=1S/C12H24S6/c1-5-17-11(3,13)9-10(16-8-7-15-9)12(4,14)18-6-2/h9-10,13-14H,5-8H2,1-4H3. The molecule has 0 aliphatic carbocycles. The summed E-state index contributed by atoms with van der Waals surface area (Å²) >= 11 is 18.0. The van der Waals surface area contributed by atoms with E-state index < -0.39 is 0 Å². The fourth-order valence-electron chi connectivity index (χ4n) is 2.14. The summed E-state index contributed by atoms with van der Waals surface area (Å²) in [7, 11) is 0. The van der Waals surface area contributed by atoms with Gasteiger partial charge in [0, 0.05) is 22.0 Å². The van der Waals surface area contributed by atoms with Crippen molar-refractivity contribution in [1.82, 2.24) is 0 Å². The lowest BCUT2D eigenvalue weighted by molar-refractivity contribution is 0.705. The minimum atomic E-state index is 0.0375. The molecule has 0 amide bonds. The van der Waals surface area contributed by atoms with Crippen LogP contribution < -0.4 is 0 Å². The highest BCUT2D eigenvalue weighted by Crippen LogP contribution is 2.53. The fourth-order valence-corrected chi connectivity index (χ4v) is 9.89. The van der Waals surface area contributed by atoms with Crippen LogP contribution in [0.25, 0.3) is 0 Å². The zero-order valence-corrected chi connectivity index (χ0v) is 16.6. The molecule has 0 N–H and O–H groups in total. The van der Waals surface area contributed by atoms with Gasteiger partial charge < -0.3 is 0 Å². The zero-order chi connectivity index (χ0) is 13.8. The molecule has 1 aliphatic rings. The number of hydrogen-bond donors (Lipinski definition) is 2. The summed E-state index contributed by atoms with van der Waals surface area (Å²) in [6, 6.07) is 0. The Morgan fingerprint density at radius 2 is 1.28 bits per heavy atom. The third-order valence-corrected chi connectivity index (χ3v) is 10.6. The third kappa shape index (κ3) is 4.83. The van der Waals surface area contributed by atoms with E-state index in [9.17, 15) is 0 Å². The lowest BCUT2D eigenvalue weighted by Gasteiger charge is -2.46. The van der Waals surface area contributed by atoms with E-state index in [0.717, 1.165) is 11.5 Å². The summed E-state index contributed by atoms with van der Waals surface area (Å²) in [5, 5.41) is 1.12. The maximum Gasteiger partial charge on any atom is 0.0682 e. The van der Waals surface area contributed by atoms with Gasteiger partial charge in [0.2, 0.25) is 0 Å². The Labute approximate surface area is 141 Å². The molecule has 1 fully saturated rings. The lowest BCUT2D eigenvalue weighted by atomic mass is 10.2. The van der Waals surface area contributed by atoms with Crippen LogP contribution in [0, 0.1) is 0 Å². The molecule has 1 heterocycles.